The Hall–Kier alpha value is -1.25. The van der Waals surface area contributed by atoms with Crippen molar-refractivity contribution in [2.75, 3.05) is 0 Å². The highest BCUT2D eigenvalue weighted by Gasteiger charge is 2.23. The lowest BCUT2D eigenvalue weighted by atomic mass is 10.1. The van der Waals surface area contributed by atoms with Crippen molar-refractivity contribution in [1.82, 2.24) is 5.32 Å². The predicted octanol–water partition coefficient (Wildman–Crippen LogP) is 4.14. The molecule has 2 unspecified atom stereocenters. The van der Waals surface area contributed by atoms with Crippen molar-refractivity contribution in [3.8, 4) is 0 Å². The number of aryl methyl sites for hydroxylation is 1. The summed E-state index contributed by atoms with van der Waals surface area (Å²) in [5.41, 5.74) is 2.78. The van der Waals surface area contributed by atoms with Crippen LogP contribution in [0.3, 0.4) is 0 Å². The Labute approximate surface area is 118 Å². The molecule has 0 fully saturated rings. The molecule has 1 aliphatic carbocycles. The molecule has 0 amide bonds. The minimum absolute atomic E-state index is 0.401. The Kier molecular flexibility index (Phi) is 3.63. The summed E-state index contributed by atoms with van der Waals surface area (Å²) in [6.45, 7) is 2.20. The number of furan rings is 1. The van der Waals surface area contributed by atoms with Crippen molar-refractivity contribution in [2.24, 2.45) is 0 Å². The van der Waals surface area contributed by atoms with E-state index in [4.69, 9.17) is 16.0 Å². The monoisotopic (exact) mass is 275 g/mol. The highest BCUT2D eigenvalue weighted by atomic mass is 35.5. The Bertz CT molecular complexity index is 550. The Morgan fingerprint density at radius 1 is 1.42 bits per heavy atom. The number of hydrogen-bond donors (Lipinski definition) is 1. The van der Waals surface area contributed by atoms with Crippen molar-refractivity contribution >= 4 is 11.6 Å². The van der Waals surface area contributed by atoms with Crippen molar-refractivity contribution in [2.45, 2.75) is 38.3 Å². The average Bonchev–Trinajstić information content (AvgIpc) is 2.99. The maximum Gasteiger partial charge on any atom is 0.105 e. The molecular formula is C16H18ClNO. The van der Waals surface area contributed by atoms with Gasteiger partial charge in [0.2, 0.25) is 0 Å². The van der Waals surface area contributed by atoms with Gasteiger partial charge in [-0.3, -0.25) is 0 Å². The van der Waals surface area contributed by atoms with E-state index in [1.54, 1.807) is 6.26 Å². The molecule has 0 spiro atoms. The van der Waals surface area contributed by atoms with E-state index in [9.17, 15) is 0 Å². The first-order valence-electron chi connectivity index (χ1n) is 6.79. The third-order valence-electron chi connectivity index (χ3n) is 3.76. The fourth-order valence-electron chi connectivity index (χ4n) is 2.89. The summed E-state index contributed by atoms with van der Waals surface area (Å²) in [6, 6.07) is 11.0. The summed E-state index contributed by atoms with van der Waals surface area (Å²) in [7, 11) is 0. The SMILES string of the molecule is CC(Cc1ccco1)NC1CCc2cc(Cl)ccc21. The lowest BCUT2D eigenvalue weighted by molar-refractivity contribution is 0.415. The molecule has 3 rings (SSSR count). The van der Waals surface area contributed by atoms with Gasteiger partial charge < -0.3 is 9.73 Å². The summed E-state index contributed by atoms with van der Waals surface area (Å²) in [5, 5.41) is 4.53. The van der Waals surface area contributed by atoms with Crippen LogP contribution in [0.4, 0.5) is 0 Å². The zero-order chi connectivity index (χ0) is 13.2. The minimum atomic E-state index is 0.401. The molecule has 1 aromatic heterocycles. The van der Waals surface area contributed by atoms with E-state index >= 15 is 0 Å². The molecule has 2 aromatic rings. The quantitative estimate of drug-likeness (QED) is 0.907. The second kappa shape index (κ2) is 5.40. The van der Waals surface area contributed by atoms with Crippen LogP contribution in [0.2, 0.25) is 5.02 Å². The van der Waals surface area contributed by atoms with E-state index < -0.39 is 0 Å². The number of rotatable bonds is 4. The van der Waals surface area contributed by atoms with Crippen LogP contribution >= 0.6 is 11.6 Å². The van der Waals surface area contributed by atoms with Gasteiger partial charge in [-0.15, -0.1) is 0 Å². The summed E-state index contributed by atoms with van der Waals surface area (Å²) >= 11 is 6.04. The van der Waals surface area contributed by atoms with Crippen LogP contribution in [0.15, 0.2) is 41.0 Å². The fourth-order valence-corrected chi connectivity index (χ4v) is 3.09. The van der Waals surface area contributed by atoms with Crippen molar-refractivity contribution in [3.05, 3.63) is 58.5 Å². The maximum atomic E-state index is 6.04. The summed E-state index contributed by atoms with van der Waals surface area (Å²) in [6.07, 6.45) is 4.92. The van der Waals surface area contributed by atoms with Crippen LogP contribution in [0.5, 0.6) is 0 Å². The lowest BCUT2D eigenvalue weighted by Gasteiger charge is -2.19. The molecule has 0 saturated heterocycles. The molecule has 3 heteroatoms. The minimum Gasteiger partial charge on any atom is -0.469 e. The molecule has 2 atom stereocenters. The van der Waals surface area contributed by atoms with Crippen LogP contribution in [0, 0.1) is 0 Å². The third kappa shape index (κ3) is 2.85. The smallest absolute Gasteiger partial charge is 0.105 e. The first-order chi connectivity index (χ1) is 9.22. The van der Waals surface area contributed by atoms with Gasteiger partial charge in [0.15, 0.2) is 0 Å². The van der Waals surface area contributed by atoms with Gasteiger partial charge in [-0.2, -0.15) is 0 Å². The Balaban J connectivity index is 1.66. The number of nitrogens with one attached hydrogen (secondary N) is 1. The van der Waals surface area contributed by atoms with E-state index in [0.717, 1.165) is 30.0 Å². The normalized spacial score (nSPS) is 19.4. The zero-order valence-corrected chi connectivity index (χ0v) is 11.8. The van der Waals surface area contributed by atoms with E-state index in [1.807, 2.05) is 18.2 Å². The number of benzene rings is 1. The molecule has 1 heterocycles. The van der Waals surface area contributed by atoms with Crippen LogP contribution < -0.4 is 5.32 Å². The standard InChI is InChI=1S/C16H18ClNO/c1-11(9-14-3-2-8-19-14)18-16-7-4-12-10-13(17)5-6-15(12)16/h2-3,5-6,8,10-11,16,18H,4,7,9H2,1H3. The van der Waals surface area contributed by atoms with E-state index in [1.165, 1.54) is 11.1 Å². The topological polar surface area (TPSA) is 25.2 Å². The molecule has 0 aliphatic heterocycles. The number of halogens is 1. The number of fused-ring (bicyclic) bond motifs is 1. The van der Waals surface area contributed by atoms with Crippen LogP contribution in [-0.2, 0) is 12.8 Å². The van der Waals surface area contributed by atoms with Crippen molar-refractivity contribution in [1.29, 1.82) is 0 Å². The summed E-state index contributed by atoms with van der Waals surface area (Å²) in [4.78, 5) is 0. The second-order valence-corrected chi connectivity index (χ2v) is 5.72. The van der Waals surface area contributed by atoms with Crippen molar-refractivity contribution < 1.29 is 4.42 Å². The van der Waals surface area contributed by atoms with Crippen LogP contribution in [-0.4, -0.2) is 6.04 Å². The molecule has 2 nitrogen and oxygen atoms in total. The van der Waals surface area contributed by atoms with Gasteiger partial charge >= 0.3 is 0 Å². The molecule has 0 bridgehead atoms. The van der Waals surface area contributed by atoms with Gasteiger partial charge in [-0.25, -0.2) is 0 Å². The molecule has 0 saturated carbocycles. The van der Waals surface area contributed by atoms with Crippen molar-refractivity contribution in [3.63, 3.8) is 0 Å². The first kappa shape index (κ1) is 12.8. The van der Waals surface area contributed by atoms with E-state index in [2.05, 4.69) is 24.4 Å². The molecule has 1 aromatic carbocycles. The van der Waals surface area contributed by atoms with Gasteiger partial charge in [0.1, 0.15) is 5.76 Å². The predicted molar refractivity (Wildman–Crippen MR) is 77.5 cm³/mol. The Morgan fingerprint density at radius 2 is 2.32 bits per heavy atom. The van der Waals surface area contributed by atoms with E-state index in [0.29, 0.717) is 12.1 Å². The first-order valence-corrected chi connectivity index (χ1v) is 7.17. The highest BCUT2D eigenvalue weighted by molar-refractivity contribution is 6.30. The number of hydrogen-bond acceptors (Lipinski definition) is 2. The van der Waals surface area contributed by atoms with Crippen LogP contribution in [0.1, 0.15) is 36.3 Å². The van der Waals surface area contributed by atoms with Crippen LogP contribution in [0.25, 0.3) is 0 Å². The molecule has 19 heavy (non-hydrogen) atoms. The molecule has 1 N–H and O–H groups in total. The molecule has 0 radical (unpaired) electrons. The zero-order valence-electron chi connectivity index (χ0n) is 11.0. The largest absolute Gasteiger partial charge is 0.469 e. The molecule has 100 valence electrons. The average molecular weight is 276 g/mol. The molecule has 1 aliphatic rings. The molecular weight excluding hydrogens is 258 g/mol. The lowest BCUT2D eigenvalue weighted by Crippen LogP contribution is -2.31. The highest BCUT2D eigenvalue weighted by Crippen LogP contribution is 2.33. The Morgan fingerprint density at radius 3 is 3.11 bits per heavy atom. The third-order valence-corrected chi connectivity index (χ3v) is 3.99. The second-order valence-electron chi connectivity index (χ2n) is 5.29. The van der Waals surface area contributed by atoms with E-state index in [-0.39, 0.29) is 0 Å². The van der Waals surface area contributed by atoms with Gasteiger partial charge in [-0.05, 0) is 55.2 Å². The maximum absolute atomic E-state index is 6.04. The van der Waals surface area contributed by atoms with Gasteiger partial charge in [0, 0.05) is 23.5 Å². The van der Waals surface area contributed by atoms with Gasteiger partial charge in [0.05, 0.1) is 6.26 Å². The van der Waals surface area contributed by atoms with Gasteiger partial charge in [0.25, 0.3) is 0 Å². The van der Waals surface area contributed by atoms with Gasteiger partial charge in [-0.1, -0.05) is 17.7 Å². The summed E-state index contributed by atoms with van der Waals surface area (Å²) < 4.78 is 5.40. The fraction of sp³-hybridized carbons (Fsp3) is 0.375. The summed E-state index contributed by atoms with van der Waals surface area (Å²) in [5.74, 6) is 1.04.